The number of aromatic nitrogens is 3. The maximum Gasteiger partial charge on any atom is 0.338 e. The lowest BCUT2D eigenvalue weighted by Crippen LogP contribution is -2.06. The summed E-state index contributed by atoms with van der Waals surface area (Å²) in [6.07, 6.45) is 0. The van der Waals surface area contributed by atoms with Gasteiger partial charge in [0.05, 0.1) is 16.9 Å². The maximum atomic E-state index is 14.4. The third kappa shape index (κ3) is 2.47. The molecule has 0 radical (unpaired) electrons. The van der Waals surface area contributed by atoms with E-state index in [0.29, 0.717) is 3.57 Å². The molecule has 0 aliphatic carbocycles. The zero-order chi connectivity index (χ0) is 15.9. The van der Waals surface area contributed by atoms with Crippen LogP contribution in [-0.2, 0) is 0 Å². The molecule has 0 amide bonds. The predicted octanol–water partition coefficient (Wildman–Crippen LogP) is 3.28. The van der Waals surface area contributed by atoms with Crippen molar-refractivity contribution >= 4 is 51.0 Å². The number of anilines is 2. The molecule has 0 unspecified atom stereocenters. The van der Waals surface area contributed by atoms with Gasteiger partial charge in [0.1, 0.15) is 11.3 Å². The van der Waals surface area contributed by atoms with Gasteiger partial charge in [-0.2, -0.15) is 15.4 Å². The van der Waals surface area contributed by atoms with Gasteiger partial charge in [0.15, 0.2) is 11.3 Å². The van der Waals surface area contributed by atoms with Crippen molar-refractivity contribution in [2.45, 2.75) is 0 Å². The number of carbonyl (C=O) groups is 1. The average Bonchev–Trinajstić information content (AvgIpc) is 2.92. The van der Waals surface area contributed by atoms with Crippen LogP contribution < -0.4 is 5.32 Å². The van der Waals surface area contributed by atoms with Crippen molar-refractivity contribution < 1.29 is 18.7 Å². The second kappa shape index (κ2) is 5.48. The summed E-state index contributed by atoms with van der Waals surface area (Å²) in [5, 5.41) is 21.2. The van der Waals surface area contributed by atoms with E-state index in [1.54, 1.807) is 6.07 Å². The Morgan fingerprint density at radius 1 is 1.27 bits per heavy atom. The highest BCUT2D eigenvalue weighted by Crippen LogP contribution is 2.30. The van der Waals surface area contributed by atoms with Gasteiger partial charge in [0, 0.05) is 3.57 Å². The number of aromatic carboxylic acids is 1. The summed E-state index contributed by atoms with van der Waals surface area (Å²) in [4.78, 5) is 11.3. The highest BCUT2D eigenvalue weighted by atomic mass is 127. The van der Waals surface area contributed by atoms with Crippen LogP contribution in [0.4, 0.5) is 20.2 Å². The molecule has 0 saturated carbocycles. The Morgan fingerprint density at radius 2 is 2.05 bits per heavy atom. The minimum atomic E-state index is -1.36. The average molecular weight is 416 g/mol. The molecule has 3 rings (SSSR count). The number of halogens is 3. The lowest BCUT2D eigenvalue weighted by Gasteiger charge is -2.12. The van der Waals surface area contributed by atoms with Crippen LogP contribution in [-0.4, -0.2) is 26.5 Å². The van der Waals surface area contributed by atoms with Crippen molar-refractivity contribution in [2.75, 3.05) is 5.32 Å². The van der Waals surface area contributed by atoms with Gasteiger partial charge in [-0.25, -0.2) is 13.6 Å². The van der Waals surface area contributed by atoms with E-state index in [1.165, 1.54) is 12.1 Å². The fourth-order valence-corrected chi connectivity index (χ4v) is 2.42. The molecule has 0 bridgehead atoms. The molecule has 0 saturated heterocycles. The second-order valence-corrected chi connectivity index (χ2v) is 5.60. The van der Waals surface area contributed by atoms with Crippen molar-refractivity contribution in [3.63, 3.8) is 0 Å². The summed E-state index contributed by atoms with van der Waals surface area (Å²) >= 11 is 1.93. The van der Waals surface area contributed by atoms with Gasteiger partial charge in [0.2, 0.25) is 0 Å². The molecule has 9 heteroatoms. The largest absolute Gasteiger partial charge is 0.478 e. The molecule has 112 valence electrons. The minimum Gasteiger partial charge on any atom is -0.478 e. The first kappa shape index (κ1) is 14.6. The molecule has 0 atom stereocenters. The predicted molar refractivity (Wildman–Crippen MR) is 83.2 cm³/mol. The van der Waals surface area contributed by atoms with E-state index < -0.39 is 17.6 Å². The van der Waals surface area contributed by atoms with Gasteiger partial charge in [-0.3, -0.25) is 0 Å². The Balaban J connectivity index is 2.18. The number of H-pyrrole nitrogens is 1. The van der Waals surface area contributed by atoms with Gasteiger partial charge in [-0.05, 0) is 46.9 Å². The van der Waals surface area contributed by atoms with Crippen LogP contribution >= 0.6 is 22.6 Å². The van der Waals surface area contributed by atoms with Crippen LogP contribution in [0.1, 0.15) is 10.4 Å². The Labute approximate surface area is 135 Å². The molecule has 0 aliphatic heterocycles. The van der Waals surface area contributed by atoms with Crippen molar-refractivity contribution in [3.8, 4) is 0 Å². The number of nitrogens with zero attached hydrogens (tertiary/aromatic N) is 2. The van der Waals surface area contributed by atoms with Crippen molar-refractivity contribution in [1.82, 2.24) is 15.4 Å². The molecule has 1 heterocycles. The molecule has 0 spiro atoms. The van der Waals surface area contributed by atoms with Gasteiger partial charge in [0.25, 0.3) is 0 Å². The molecule has 6 nitrogen and oxygen atoms in total. The maximum absolute atomic E-state index is 14.4. The monoisotopic (exact) mass is 416 g/mol. The molecule has 0 aliphatic rings. The van der Waals surface area contributed by atoms with Gasteiger partial charge in [-0.1, -0.05) is 0 Å². The summed E-state index contributed by atoms with van der Waals surface area (Å²) < 4.78 is 29.0. The lowest BCUT2D eigenvalue weighted by molar-refractivity contribution is 0.0697. The second-order valence-electron chi connectivity index (χ2n) is 4.36. The number of carboxylic acids is 1. The summed E-state index contributed by atoms with van der Waals surface area (Å²) in [6.45, 7) is 0. The number of fused-ring (bicyclic) bond motifs is 1. The number of nitrogens with one attached hydrogen (secondary N) is 2. The third-order valence-electron chi connectivity index (χ3n) is 2.97. The Kier molecular flexibility index (Phi) is 3.64. The molecule has 22 heavy (non-hydrogen) atoms. The third-order valence-corrected chi connectivity index (χ3v) is 3.64. The zero-order valence-electron chi connectivity index (χ0n) is 10.7. The van der Waals surface area contributed by atoms with Crippen LogP contribution in [0.3, 0.4) is 0 Å². The number of carboxylic acid groups (broad SMARTS) is 1. The Bertz CT molecular complexity index is 897. The fourth-order valence-electron chi connectivity index (χ4n) is 1.96. The number of hydrogen-bond donors (Lipinski definition) is 3. The van der Waals surface area contributed by atoms with E-state index in [1.807, 2.05) is 22.6 Å². The number of rotatable bonds is 3. The first-order chi connectivity index (χ1) is 10.5. The van der Waals surface area contributed by atoms with E-state index in [9.17, 15) is 18.7 Å². The Morgan fingerprint density at radius 3 is 2.73 bits per heavy atom. The first-order valence-corrected chi connectivity index (χ1v) is 7.03. The lowest BCUT2D eigenvalue weighted by atomic mass is 10.1. The van der Waals surface area contributed by atoms with Crippen LogP contribution in [0.25, 0.3) is 11.0 Å². The topological polar surface area (TPSA) is 90.9 Å². The van der Waals surface area contributed by atoms with Crippen molar-refractivity contribution in [2.24, 2.45) is 0 Å². The normalized spacial score (nSPS) is 10.9. The Hall–Kier alpha value is -2.30. The van der Waals surface area contributed by atoms with E-state index in [2.05, 4.69) is 20.7 Å². The van der Waals surface area contributed by atoms with Gasteiger partial charge in [-0.15, -0.1) is 0 Å². The molecule has 1 aromatic heterocycles. The highest BCUT2D eigenvalue weighted by molar-refractivity contribution is 14.1. The molecule has 3 aromatic rings. The van der Waals surface area contributed by atoms with Crippen molar-refractivity contribution in [1.29, 1.82) is 0 Å². The quantitative estimate of drug-likeness (QED) is 0.571. The van der Waals surface area contributed by atoms with Gasteiger partial charge >= 0.3 is 5.97 Å². The highest BCUT2D eigenvalue weighted by Gasteiger charge is 2.21. The number of benzene rings is 2. The van der Waals surface area contributed by atoms with Crippen LogP contribution in [0.2, 0.25) is 0 Å². The molecule has 2 aromatic carbocycles. The molecule has 3 N–H and O–H groups in total. The summed E-state index contributed by atoms with van der Waals surface area (Å²) in [5.41, 5.74) is -0.822. The number of aromatic amines is 1. The first-order valence-electron chi connectivity index (χ1n) is 5.95. The number of hydrogen-bond acceptors (Lipinski definition) is 4. The van der Waals surface area contributed by atoms with Crippen LogP contribution in [0, 0.1) is 15.2 Å². The molecule has 0 fully saturated rings. The van der Waals surface area contributed by atoms with Crippen LogP contribution in [0.5, 0.6) is 0 Å². The van der Waals surface area contributed by atoms with E-state index in [-0.39, 0.29) is 28.0 Å². The zero-order valence-corrected chi connectivity index (χ0v) is 12.9. The smallest absolute Gasteiger partial charge is 0.338 e. The van der Waals surface area contributed by atoms with E-state index >= 15 is 0 Å². The summed E-state index contributed by atoms with van der Waals surface area (Å²) in [6, 6.07) is 5.42. The van der Waals surface area contributed by atoms with E-state index in [0.717, 1.165) is 6.07 Å². The SMILES string of the molecule is O=C(O)c1cc2n[nH]nc2c(F)c1Nc1ccc(I)cc1F. The summed E-state index contributed by atoms with van der Waals surface area (Å²) in [7, 11) is 0. The van der Waals surface area contributed by atoms with Crippen molar-refractivity contribution in [3.05, 3.63) is 45.0 Å². The summed E-state index contributed by atoms with van der Waals surface area (Å²) in [5.74, 6) is -2.90. The van der Waals surface area contributed by atoms with Gasteiger partial charge < -0.3 is 10.4 Å². The fraction of sp³-hybridized carbons (Fsp3) is 0. The molecular weight excluding hydrogens is 409 g/mol. The van der Waals surface area contributed by atoms with E-state index in [4.69, 9.17) is 0 Å². The standard InChI is InChI=1S/C13H7F2IN4O2/c14-7-3-5(16)1-2-8(7)17-11-6(13(21)22)4-9-12(10(11)15)19-20-18-9/h1-4,17H,(H,21,22)(H,18,19,20). The molecular formula is C13H7F2IN4O2. The van der Waals surface area contributed by atoms with Crippen LogP contribution in [0.15, 0.2) is 24.3 Å². The minimum absolute atomic E-state index is 0.0374.